The SMILES string of the molecule is CCC(C)C(=O)Oc1ccc(C2C3=C(CC(C)(C)CC3=O)OC3=C2C(=O)CC(C)(C)C3)cc1OC. The summed E-state index contributed by atoms with van der Waals surface area (Å²) in [6, 6.07) is 5.30. The number of allylic oxidation sites excluding steroid dienone is 4. The Hall–Kier alpha value is -2.89. The van der Waals surface area contributed by atoms with E-state index in [0.29, 0.717) is 66.3 Å². The zero-order valence-corrected chi connectivity index (χ0v) is 21.9. The Morgan fingerprint density at radius 2 is 1.51 bits per heavy atom. The van der Waals surface area contributed by atoms with Crippen LogP contribution in [0.4, 0.5) is 0 Å². The van der Waals surface area contributed by atoms with Gasteiger partial charge in [-0.05, 0) is 34.9 Å². The zero-order chi connectivity index (χ0) is 25.7. The van der Waals surface area contributed by atoms with E-state index in [1.54, 1.807) is 12.1 Å². The molecular weight excluding hydrogens is 444 g/mol. The van der Waals surface area contributed by atoms with Gasteiger partial charge in [0.1, 0.15) is 11.5 Å². The van der Waals surface area contributed by atoms with Gasteiger partial charge >= 0.3 is 5.97 Å². The Balaban J connectivity index is 1.83. The molecule has 6 nitrogen and oxygen atoms in total. The molecule has 0 spiro atoms. The number of carbonyl (C=O) groups excluding carboxylic acids is 3. The molecule has 1 heterocycles. The number of methoxy groups -OCH3 is 1. The topological polar surface area (TPSA) is 78.9 Å². The Morgan fingerprint density at radius 3 is 2.00 bits per heavy atom. The van der Waals surface area contributed by atoms with Gasteiger partial charge in [-0.25, -0.2) is 0 Å². The molecule has 1 aliphatic heterocycles. The number of ether oxygens (including phenoxy) is 3. The first-order valence-corrected chi connectivity index (χ1v) is 12.5. The third kappa shape index (κ3) is 4.80. The Labute approximate surface area is 207 Å². The summed E-state index contributed by atoms with van der Waals surface area (Å²) < 4.78 is 17.5. The summed E-state index contributed by atoms with van der Waals surface area (Å²) in [7, 11) is 1.52. The van der Waals surface area contributed by atoms with Gasteiger partial charge in [0.2, 0.25) is 0 Å². The van der Waals surface area contributed by atoms with Gasteiger partial charge < -0.3 is 14.2 Å². The summed E-state index contributed by atoms with van der Waals surface area (Å²) in [5.74, 6) is 1.00. The van der Waals surface area contributed by atoms with Gasteiger partial charge in [-0.1, -0.05) is 47.6 Å². The van der Waals surface area contributed by atoms with Gasteiger partial charge in [-0.15, -0.1) is 0 Å². The van der Waals surface area contributed by atoms with Crippen molar-refractivity contribution in [3.05, 3.63) is 46.4 Å². The van der Waals surface area contributed by atoms with Gasteiger partial charge in [0.25, 0.3) is 0 Å². The van der Waals surface area contributed by atoms with Gasteiger partial charge in [-0.2, -0.15) is 0 Å². The molecule has 0 radical (unpaired) electrons. The lowest BCUT2D eigenvalue weighted by Crippen LogP contribution is -2.37. The van der Waals surface area contributed by atoms with Crippen LogP contribution in [0.25, 0.3) is 0 Å². The van der Waals surface area contributed by atoms with Crippen LogP contribution in [0.15, 0.2) is 40.9 Å². The third-order valence-corrected chi connectivity index (χ3v) is 7.33. The van der Waals surface area contributed by atoms with E-state index < -0.39 is 5.92 Å². The number of hydrogen-bond donors (Lipinski definition) is 0. The molecule has 0 N–H and O–H groups in total. The largest absolute Gasteiger partial charge is 0.493 e. The van der Waals surface area contributed by atoms with E-state index in [0.717, 1.165) is 5.56 Å². The number of esters is 1. The van der Waals surface area contributed by atoms with Crippen molar-refractivity contribution >= 4 is 17.5 Å². The summed E-state index contributed by atoms with van der Waals surface area (Å²) in [5.41, 5.74) is 1.48. The second kappa shape index (κ2) is 8.96. The average Bonchev–Trinajstić information content (AvgIpc) is 2.75. The molecule has 0 saturated heterocycles. The van der Waals surface area contributed by atoms with Crippen LogP contribution in [-0.2, 0) is 19.1 Å². The van der Waals surface area contributed by atoms with Crippen molar-refractivity contribution in [1.29, 1.82) is 0 Å². The lowest BCUT2D eigenvalue weighted by atomic mass is 9.65. The standard InChI is InChI=1S/C29H36O6/c1-8-16(2)27(32)35-20-10-9-17(11-21(20)33-7)24-25-18(30)12-28(3,4)14-22(25)34-23-15-29(5,6)13-19(31)26(23)24/h9-11,16,24H,8,12-15H2,1-7H3. The second-order valence-electron chi connectivity index (χ2n) is 11.7. The molecule has 6 heteroatoms. The lowest BCUT2D eigenvalue weighted by molar-refractivity contribution is -0.138. The number of rotatable bonds is 5. The van der Waals surface area contributed by atoms with Crippen molar-refractivity contribution in [2.24, 2.45) is 16.7 Å². The number of hydrogen-bond acceptors (Lipinski definition) is 6. The summed E-state index contributed by atoms with van der Waals surface area (Å²) in [6.07, 6.45) is 2.74. The molecule has 0 amide bonds. The molecule has 0 fully saturated rings. The minimum absolute atomic E-state index is 0.0108. The van der Waals surface area contributed by atoms with E-state index in [9.17, 15) is 14.4 Å². The Morgan fingerprint density at radius 1 is 0.971 bits per heavy atom. The molecule has 1 unspecified atom stereocenters. The molecule has 1 aromatic rings. The van der Waals surface area contributed by atoms with Crippen LogP contribution in [0.1, 0.15) is 85.1 Å². The lowest BCUT2D eigenvalue weighted by Gasteiger charge is -2.42. The molecule has 35 heavy (non-hydrogen) atoms. The minimum atomic E-state index is -0.519. The highest BCUT2D eigenvalue weighted by Gasteiger charge is 2.48. The predicted molar refractivity (Wildman–Crippen MR) is 132 cm³/mol. The van der Waals surface area contributed by atoms with Crippen LogP contribution < -0.4 is 9.47 Å². The molecule has 1 atom stereocenters. The fraction of sp³-hybridized carbons (Fsp3) is 0.552. The van der Waals surface area contributed by atoms with Crippen molar-refractivity contribution in [2.45, 2.75) is 79.6 Å². The molecule has 0 saturated carbocycles. The predicted octanol–water partition coefficient (Wildman–Crippen LogP) is 6.05. The number of benzene rings is 1. The van der Waals surface area contributed by atoms with Crippen molar-refractivity contribution in [3.63, 3.8) is 0 Å². The number of carbonyl (C=O) groups is 3. The molecule has 1 aromatic carbocycles. The first-order valence-electron chi connectivity index (χ1n) is 12.5. The van der Waals surface area contributed by atoms with Crippen molar-refractivity contribution < 1.29 is 28.6 Å². The van der Waals surface area contributed by atoms with E-state index in [4.69, 9.17) is 14.2 Å². The van der Waals surface area contributed by atoms with Gasteiger partial charge in [0, 0.05) is 42.7 Å². The van der Waals surface area contributed by atoms with Crippen LogP contribution in [-0.4, -0.2) is 24.6 Å². The van der Waals surface area contributed by atoms with Gasteiger partial charge in [0.15, 0.2) is 23.1 Å². The summed E-state index contributed by atoms with van der Waals surface area (Å²) >= 11 is 0. The second-order valence-corrected chi connectivity index (χ2v) is 11.7. The molecule has 0 bridgehead atoms. The van der Waals surface area contributed by atoms with Crippen molar-refractivity contribution in [3.8, 4) is 11.5 Å². The van der Waals surface area contributed by atoms with Crippen LogP contribution in [0, 0.1) is 16.7 Å². The highest BCUT2D eigenvalue weighted by atomic mass is 16.6. The fourth-order valence-corrected chi connectivity index (χ4v) is 5.33. The van der Waals surface area contributed by atoms with Crippen molar-refractivity contribution in [1.82, 2.24) is 0 Å². The number of Topliss-reactive ketones (excluding diaryl/α,β-unsaturated/α-hetero) is 2. The quantitative estimate of drug-likeness (QED) is 0.377. The normalized spacial score (nSPS) is 22.3. The monoisotopic (exact) mass is 480 g/mol. The fourth-order valence-electron chi connectivity index (χ4n) is 5.33. The van der Waals surface area contributed by atoms with Crippen LogP contribution in [0.2, 0.25) is 0 Å². The molecule has 0 aromatic heterocycles. The molecule has 2 aliphatic carbocycles. The maximum Gasteiger partial charge on any atom is 0.314 e. The van der Waals surface area contributed by atoms with E-state index in [1.807, 2.05) is 19.9 Å². The first-order chi connectivity index (χ1) is 16.4. The van der Waals surface area contributed by atoms with Crippen LogP contribution in [0.5, 0.6) is 11.5 Å². The van der Waals surface area contributed by atoms with Gasteiger partial charge in [0.05, 0.1) is 13.0 Å². The minimum Gasteiger partial charge on any atom is -0.493 e. The van der Waals surface area contributed by atoms with E-state index in [-0.39, 0.29) is 34.3 Å². The molecule has 188 valence electrons. The third-order valence-electron chi connectivity index (χ3n) is 7.33. The highest BCUT2D eigenvalue weighted by Crippen LogP contribution is 2.53. The van der Waals surface area contributed by atoms with Crippen LogP contribution in [0.3, 0.4) is 0 Å². The van der Waals surface area contributed by atoms with E-state index in [2.05, 4.69) is 27.7 Å². The van der Waals surface area contributed by atoms with E-state index in [1.165, 1.54) is 7.11 Å². The van der Waals surface area contributed by atoms with Gasteiger partial charge in [-0.3, -0.25) is 14.4 Å². The molecular formula is C29H36O6. The maximum atomic E-state index is 13.4. The van der Waals surface area contributed by atoms with E-state index >= 15 is 0 Å². The molecule has 4 rings (SSSR count). The number of ketones is 2. The summed E-state index contributed by atoms with van der Waals surface area (Å²) in [5, 5.41) is 0. The maximum absolute atomic E-state index is 13.4. The zero-order valence-electron chi connectivity index (χ0n) is 21.9. The van der Waals surface area contributed by atoms with Crippen molar-refractivity contribution in [2.75, 3.05) is 7.11 Å². The first kappa shape index (κ1) is 25.2. The Kier molecular flexibility index (Phi) is 6.45. The summed E-state index contributed by atoms with van der Waals surface area (Å²) in [4.78, 5) is 39.3. The van der Waals surface area contributed by atoms with Crippen LogP contribution >= 0.6 is 0 Å². The Bertz CT molecular complexity index is 1100. The smallest absolute Gasteiger partial charge is 0.314 e. The highest BCUT2D eigenvalue weighted by molar-refractivity contribution is 6.06. The molecule has 3 aliphatic rings. The average molecular weight is 481 g/mol. The summed E-state index contributed by atoms with van der Waals surface area (Å²) in [6.45, 7) is 12.0.